The molecule has 0 radical (unpaired) electrons. The smallest absolute Gasteiger partial charge is 0.223 e. The highest BCUT2D eigenvalue weighted by atomic mass is 32.2. The maximum absolute atomic E-state index is 11.6. The molecule has 21 heavy (non-hydrogen) atoms. The Morgan fingerprint density at radius 3 is 2.95 bits per heavy atom. The van der Waals surface area contributed by atoms with Gasteiger partial charge >= 0.3 is 0 Å². The van der Waals surface area contributed by atoms with Crippen LogP contribution in [0.1, 0.15) is 32.8 Å². The van der Waals surface area contributed by atoms with Crippen LogP contribution in [0.2, 0.25) is 0 Å². The average molecular weight is 304 g/mol. The fraction of sp³-hybridized carbons (Fsp3) is 0.588. The number of anilines is 2. The molecule has 0 spiro atoms. The van der Waals surface area contributed by atoms with Gasteiger partial charge in [0, 0.05) is 36.6 Å². The Balaban J connectivity index is 1.72. The van der Waals surface area contributed by atoms with Crippen LogP contribution in [0.5, 0.6) is 0 Å². The first-order chi connectivity index (χ1) is 9.94. The number of carbonyl (C=O) groups is 1. The third-order valence-electron chi connectivity index (χ3n) is 4.34. The number of nitrogens with one attached hydrogen (secondary N) is 1. The Labute approximate surface area is 131 Å². The van der Waals surface area contributed by atoms with Crippen LogP contribution in [0.3, 0.4) is 0 Å². The Morgan fingerprint density at radius 1 is 1.43 bits per heavy atom. The van der Waals surface area contributed by atoms with E-state index in [1.54, 1.807) is 6.92 Å². The molecule has 3 nitrogen and oxygen atoms in total. The molecule has 1 N–H and O–H groups in total. The van der Waals surface area contributed by atoms with Gasteiger partial charge in [0.25, 0.3) is 0 Å². The molecule has 0 aromatic heterocycles. The van der Waals surface area contributed by atoms with Gasteiger partial charge in [0.2, 0.25) is 5.91 Å². The van der Waals surface area contributed by atoms with Gasteiger partial charge < -0.3 is 10.2 Å². The van der Waals surface area contributed by atoms with E-state index in [4.69, 9.17) is 0 Å². The molecular formula is C17H24N2OS. The van der Waals surface area contributed by atoms with Gasteiger partial charge in [-0.25, -0.2) is 0 Å². The van der Waals surface area contributed by atoms with Crippen LogP contribution in [-0.4, -0.2) is 30.0 Å². The Kier molecular flexibility index (Phi) is 3.91. The van der Waals surface area contributed by atoms with Gasteiger partial charge in [-0.05, 0) is 47.8 Å². The molecule has 1 unspecified atom stereocenters. The molecule has 2 heterocycles. The zero-order valence-corrected chi connectivity index (χ0v) is 13.9. The van der Waals surface area contributed by atoms with Crippen molar-refractivity contribution in [3.8, 4) is 0 Å². The summed E-state index contributed by atoms with van der Waals surface area (Å²) in [4.78, 5) is 13.5. The number of carbonyl (C=O) groups excluding carboxylic acids is 1. The summed E-state index contributed by atoms with van der Waals surface area (Å²) in [5, 5.41) is 3.69. The van der Waals surface area contributed by atoms with Crippen LogP contribution in [0.15, 0.2) is 18.2 Å². The highest BCUT2D eigenvalue weighted by molar-refractivity contribution is 7.99. The first kappa shape index (κ1) is 14.8. The number of rotatable bonds is 2. The van der Waals surface area contributed by atoms with Gasteiger partial charge in [0.15, 0.2) is 0 Å². The predicted octanol–water partition coefficient (Wildman–Crippen LogP) is 3.54. The molecule has 114 valence electrons. The van der Waals surface area contributed by atoms with E-state index >= 15 is 0 Å². The lowest BCUT2D eigenvalue weighted by Gasteiger charge is -2.35. The molecule has 0 saturated carbocycles. The summed E-state index contributed by atoms with van der Waals surface area (Å²) >= 11 is 2.04. The number of hydrogen-bond acceptors (Lipinski definition) is 3. The SMILES string of the molecule is CC(=O)N1CCc2cc(NC3CSCC(C)(C)C3)ccc21. The lowest BCUT2D eigenvalue weighted by molar-refractivity contribution is -0.116. The van der Waals surface area contributed by atoms with Crippen molar-refractivity contribution in [3.63, 3.8) is 0 Å². The number of hydrogen-bond donors (Lipinski definition) is 1. The van der Waals surface area contributed by atoms with Gasteiger partial charge in [-0.15, -0.1) is 0 Å². The molecule has 0 bridgehead atoms. The Hall–Kier alpha value is -1.16. The number of benzene rings is 1. The van der Waals surface area contributed by atoms with Crippen molar-refractivity contribution in [2.45, 2.75) is 39.7 Å². The van der Waals surface area contributed by atoms with Crippen molar-refractivity contribution in [1.82, 2.24) is 0 Å². The van der Waals surface area contributed by atoms with Crippen LogP contribution in [0.4, 0.5) is 11.4 Å². The number of thioether (sulfide) groups is 1. The molecule has 1 aromatic rings. The first-order valence-electron chi connectivity index (χ1n) is 7.70. The van der Waals surface area contributed by atoms with Gasteiger partial charge in [0.1, 0.15) is 0 Å². The molecule has 3 rings (SSSR count). The van der Waals surface area contributed by atoms with Crippen molar-refractivity contribution < 1.29 is 4.79 Å². The monoisotopic (exact) mass is 304 g/mol. The third kappa shape index (κ3) is 3.20. The fourth-order valence-electron chi connectivity index (χ4n) is 3.41. The minimum Gasteiger partial charge on any atom is -0.381 e. The maximum atomic E-state index is 11.6. The van der Waals surface area contributed by atoms with Crippen molar-refractivity contribution in [1.29, 1.82) is 0 Å². The quantitative estimate of drug-likeness (QED) is 0.907. The molecule has 1 fully saturated rings. The number of nitrogens with zero attached hydrogens (tertiary/aromatic N) is 1. The van der Waals surface area contributed by atoms with Crippen LogP contribution in [-0.2, 0) is 11.2 Å². The zero-order chi connectivity index (χ0) is 15.0. The summed E-state index contributed by atoms with van der Waals surface area (Å²) in [5.41, 5.74) is 4.00. The molecule has 1 atom stereocenters. The van der Waals surface area contributed by atoms with E-state index in [1.165, 1.54) is 29.2 Å². The maximum Gasteiger partial charge on any atom is 0.223 e. The van der Waals surface area contributed by atoms with E-state index < -0.39 is 0 Å². The van der Waals surface area contributed by atoms with Crippen molar-refractivity contribution in [2.75, 3.05) is 28.3 Å². The molecular weight excluding hydrogens is 280 g/mol. The summed E-state index contributed by atoms with van der Waals surface area (Å²) in [6.07, 6.45) is 2.19. The van der Waals surface area contributed by atoms with Crippen LogP contribution < -0.4 is 10.2 Å². The molecule has 1 saturated heterocycles. The lowest BCUT2D eigenvalue weighted by atomic mass is 9.87. The van der Waals surface area contributed by atoms with E-state index in [0.717, 1.165) is 18.7 Å². The lowest BCUT2D eigenvalue weighted by Crippen LogP contribution is -2.35. The van der Waals surface area contributed by atoms with E-state index in [1.807, 2.05) is 16.7 Å². The van der Waals surface area contributed by atoms with Gasteiger partial charge in [-0.2, -0.15) is 11.8 Å². The molecule has 2 aliphatic heterocycles. The van der Waals surface area contributed by atoms with Crippen LogP contribution >= 0.6 is 11.8 Å². The molecule has 1 amide bonds. The van der Waals surface area contributed by atoms with Crippen molar-refractivity contribution >= 4 is 29.0 Å². The second kappa shape index (κ2) is 5.56. The van der Waals surface area contributed by atoms with Gasteiger partial charge in [-0.3, -0.25) is 4.79 Å². The highest BCUT2D eigenvalue weighted by Gasteiger charge is 2.29. The second-order valence-corrected chi connectivity index (χ2v) is 8.02. The van der Waals surface area contributed by atoms with E-state index in [-0.39, 0.29) is 5.91 Å². The summed E-state index contributed by atoms with van der Waals surface area (Å²) in [7, 11) is 0. The Bertz CT molecular complexity index is 556. The molecule has 0 aliphatic carbocycles. The topological polar surface area (TPSA) is 32.3 Å². The predicted molar refractivity (Wildman–Crippen MR) is 91.3 cm³/mol. The molecule has 4 heteroatoms. The Morgan fingerprint density at radius 2 is 2.24 bits per heavy atom. The largest absolute Gasteiger partial charge is 0.381 e. The van der Waals surface area contributed by atoms with Gasteiger partial charge in [0.05, 0.1) is 0 Å². The van der Waals surface area contributed by atoms with E-state index in [2.05, 4.69) is 37.4 Å². The summed E-state index contributed by atoms with van der Waals surface area (Å²) < 4.78 is 0. The summed E-state index contributed by atoms with van der Waals surface area (Å²) in [5.74, 6) is 2.57. The van der Waals surface area contributed by atoms with Crippen LogP contribution in [0.25, 0.3) is 0 Å². The molecule has 2 aliphatic rings. The normalized spacial score (nSPS) is 23.8. The fourth-order valence-corrected chi connectivity index (χ4v) is 4.68. The zero-order valence-electron chi connectivity index (χ0n) is 13.1. The van der Waals surface area contributed by atoms with E-state index in [9.17, 15) is 4.79 Å². The summed E-state index contributed by atoms with van der Waals surface area (Å²) in [6, 6.07) is 6.98. The number of fused-ring (bicyclic) bond motifs is 1. The minimum atomic E-state index is 0.139. The van der Waals surface area contributed by atoms with Crippen molar-refractivity contribution in [2.24, 2.45) is 5.41 Å². The highest BCUT2D eigenvalue weighted by Crippen LogP contribution is 2.36. The molecule has 1 aromatic carbocycles. The van der Waals surface area contributed by atoms with Gasteiger partial charge in [-0.1, -0.05) is 13.8 Å². The standard InChI is InChI=1S/C17H24N2OS/c1-12(20)19-7-6-13-8-14(4-5-16(13)19)18-15-9-17(2,3)11-21-10-15/h4-5,8,15,18H,6-7,9-11H2,1-3H3. The number of amides is 1. The average Bonchev–Trinajstić information content (AvgIpc) is 2.80. The summed E-state index contributed by atoms with van der Waals surface area (Å²) in [6.45, 7) is 7.16. The first-order valence-corrected chi connectivity index (χ1v) is 8.85. The third-order valence-corrected chi connectivity index (χ3v) is 5.96. The van der Waals surface area contributed by atoms with Crippen molar-refractivity contribution in [3.05, 3.63) is 23.8 Å². The van der Waals surface area contributed by atoms with Crippen LogP contribution in [0, 0.1) is 5.41 Å². The minimum absolute atomic E-state index is 0.139. The van der Waals surface area contributed by atoms with E-state index in [0.29, 0.717) is 11.5 Å². The second-order valence-electron chi connectivity index (χ2n) is 6.99.